The van der Waals surface area contributed by atoms with Gasteiger partial charge in [-0.3, -0.25) is 14.4 Å². The van der Waals surface area contributed by atoms with Crippen LogP contribution in [-0.2, 0) is 15.8 Å². The number of likely N-dealkylation sites (tertiary alicyclic amines) is 3. The highest BCUT2D eigenvalue weighted by molar-refractivity contribution is 6.31. The Morgan fingerprint density at radius 3 is 2.23 bits per heavy atom. The van der Waals surface area contributed by atoms with Crippen LogP contribution in [0.15, 0.2) is 42.5 Å². The van der Waals surface area contributed by atoms with Gasteiger partial charge in [-0.15, -0.1) is 0 Å². The fourth-order valence-electron chi connectivity index (χ4n) is 6.68. The molecule has 2 unspecified atom stereocenters. The van der Waals surface area contributed by atoms with Gasteiger partial charge in [0.1, 0.15) is 0 Å². The topological polar surface area (TPSA) is 64.2 Å². The zero-order chi connectivity index (χ0) is 30.9. The second kappa shape index (κ2) is 12.9. The summed E-state index contributed by atoms with van der Waals surface area (Å²) in [5.74, 6) is 0.135. The molecule has 3 saturated heterocycles. The highest BCUT2D eigenvalue weighted by atomic mass is 35.5. The van der Waals surface area contributed by atoms with Gasteiger partial charge in [-0.25, -0.2) is 0 Å². The number of rotatable bonds is 7. The van der Waals surface area contributed by atoms with E-state index in [2.05, 4.69) is 4.90 Å². The van der Waals surface area contributed by atoms with Gasteiger partial charge in [-0.1, -0.05) is 23.7 Å². The van der Waals surface area contributed by atoms with Crippen molar-refractivity contribution in [2.45, 2.75) is 39.3 Å². The van der Waals surface area contributed by atoms with E-state index in [1.165, 1.54) is 12.1 Å². The molecule has 3 aliphatic rings. The summed E-state index contributed by atoms with van der Waals surface area (Å²) in [5.41, 5.74) is 0.971. The maximum atomic E-state index is 13.7. The van der Waals surface area contributed by atoms with Crippen LogP contribution in [-0.4, -0.2) is 84.8 Å². The number of hydrogen-bond acceptors (Lipinski definition) is 4. The molecule has 2 aromatic carbocycles. The molecule has 3 amide bonds. The number of amides is 3. The van der Waals surface area contributed by atoms with Crippen molar-refractivity contribution >= 4 is 35.0 Å². The van der Waals surface area contributed by atoms with Crippen molar-refractivity contribution in [1.82, 2.24) is 14.7 Å². The number of anilines is 1. The number of halogens is 4. The molecule has 43 heavy (non-hydrogen) atoms. The van der Waals surface area contributed by atoms with Crippen LogP contribution in [0.5, 0.6) is 0 Å². The van der Waals surface area contributed by atoms with E-state index >= 15 is 0 Å². The van der Waals surface area contributed by atoms with Crippen LogP contribution < -0.4 is 4.90 Å². The van der Waals surface area contributed by atoms with Crippen molar-refractivity contribution in [2.75, 3.05) is 57.3 Å². The summed E-state index contributed by atoms with van der Waals surface area (Å²) in [6.45, 7) is 8.66. The predicted octanol–water partition coefficient (Wildman–Crippen LogP) is 5.35. The Morgan fingerprint density at radius 2 is 1.63 bits per heavy atom. The molecule has 0 spiro atoms. The lowest BCUT2D eigenvalue weighted by Gasteiger charge is -2.34. The zero-order valence-electron chi connectivity index (χ0n) is 24.6. The summed E-state index contributed by atoms with van der Waals surface area (Å²) in [4.78, 5) is 46.1. The number of piperidine rings is 1. The molecule has 0 bridgehead atoms. The summed E-state index contributed by atoms with van der Waals surface area (Å²) in [5, 5.41) is 0.610. The maximum absolute atomic E-state index is 13.7. The van der Waals surface area contributed by atoms with Crippen molar-refractivity contribution < 1.29 is 27.6 Å². The summed E-state index contributed by atoms with van der Waals surface area (Å²) in [7, 11) is 0. The number of benzene rings is 2. The zero-order valence-corrected chi connectivity index (χ0v) is 25.3. The monoisotopic (exact) mass is 618 g/mol. The number of carbonyl (C=O) groups is 3. The van der Waals surface area contributed by atoms with E-state index in [4.69, 9.17) is 11.6 Å². The van der Waals surface area contributed by atoms with Gasteiger partial charge in [0.2, 0.25) is 11.8 Å². The molecule has 0 aliphatic carbocycles. The highest BCUT2D eigenvalue weighted by Crippen LogP contribution is 2.34. The molecular weight excluding hydrogens is 581 g/mol. The highest BCUT2D eigenvalue weighted by Gasteiger charge is 2.42. The molecule has 2 atom stereocenters. The molecular formula is C32H38ClF3N4O3. The number of hydrogen-bond donors (Lipinski definition) is 0. The molecule has 11 heteroatoms. The minimum absolute atomic E-state index is 0.0339. The Kier molecular flexibility index (Phi) is 9.37. The van der Waals surface area contributed by atoms with Crippen LogP contribution in [0.3, 0.4) is 0 Å². The third-order valence-electron chi connectivity index (χ3n) is 9.16. The minimum atomic E-state index is -4.49. The van der Waals surface area contributed by atoms with Crippen molar-refractivity contribution in [3.8, 4) is 0 Å². The second-order valence-electron chi connectivity index (χ2n) is 12.1. The van der Waals surface area contributed by atoms with Crippen LogP contribution in [0.4, 0.5) is 18.9 Å². The average Bonchev–Trinajstić information content (AvgIpc) is 3.55. The second-order valence-corrected chi connectivity index (χ2v) is 12.5. The lowest BCUT2D eigenvalue weighted by Crippen LogP contribution is -2.44. The van der Waals surface area contributed by atoms with Gasteiger partial charge in [-0.05, 0) is 80.5 Å². The van der Waals surface area contributed by atoms with Crippen molar-refractivity contribution in [3.05, 3.63) is 64.2 Å². The van der Waals surface area contributed by atoms with Crippen molar-refractivity contribution in [1.29, 1.82) is 0 Å². The van der Waals surface area contributed by atoms with Gasteiger partial charge in [0, 0.05) is 74.9 Å². The Morgan fingerprint density at radius 1 is 0.953 bits per heavy atom. The Bertz CT molecular complexity index is 1350. The third-order valence-corrected chi connectivity index (χ3v) is 9.57. The molecule has 0 radical (unpaired) electrons. The third kappa shape index (κ3) is 7.17. The van der Waals surface area contributed by atoms with Crippen LogP contribution >= 0.6 is 11.6 Å². The maximum Gasteiger partial charge on any atom is 0.416 e. The van der Waals surface area contributed by atoms with E-state index in [9.17, 15) is 27.6 Å². The fraction of sp³-hybridized carbons (Fsp3) is 0.531. The molecule has 5 rings (SSSR count). The van der Waals surface area contributed by atoms with E-state index in [0.29, 0.717) is 50.6 Å². The van der Waals surface area contributed by atoms with Gasteiger partial charge in [0.15, 0.2) is 0 Å². The summed E-state index contributed by atoms with van der Waals surface area (Å²) in [6.07, 6.45) is -2.45. The van der Waals surface area contributed by atoms with Crippen LogP contribution in [0.2, 0.25) is 5.02 Å². The molecule has 3 aliphatic heterocycles. The first kappa shape index (κ1) is 31.3. The number of nitrogens with zero attached hydrogens (tertiary/aromatic N) is 4. The average molecular weight is 619 g/mol. The molecule has 0 saturated carbocycles. The minimum Gasteiger partial charge on any atom is -0.343 e. The Labute approximate surface area is 255 Å². The van der Waals surface area contributed by atoms with Gasteiger partial charge in [0.25, 0.3) is 5.91 Å². The van der Waals surface area contributed by atoms with Crippen LogP contribution in [0.25, 0.3) is 0 Å². The number of aryl methyl sites for hydroxylation is 1. The molecule has 232 valence electrons. The first-order chi connectivity index (χ1) is 20.4. The quantitative estimate of drug-likeness (QED) is 0.420. The van der Waals surface area contributed by atoms with E-state index in [-0.39, 0.29) is 41.0 Å². The largest absolute Gasteiger partial charge is 0.416 e. The summed E-state index contributed by atoms with van der Waals surface area (Å²) in [6, 6.07) is 10.3. The molecule has 7 nitrogen and oxygen atoms in total. The van der Waals surface area contributed by atoms with Gasteiger partial charge >= 0.3 is 6.18 Å². The lowest BCUT2D eigenvalue weighted by atomic mass is 9.94. The lowest BCUT2D eigenvalue weighted by molar-refractivity contribution is -0.137. The van der Waals surface area contributed by atoms with Gasteiger partial charge in [0.05, 0.1) is 5.56 Å². The van der Waals surface area contributed by atoms with Gasteiger partial charge in [-0.2, -0.15) is 13.2 Å². The summed E-state index contributed by atoms with van der Waals surface area (Å²) >= 11 is 6.43. The molecule has 3 fully saturated rings. The smallest absolute Gasteiger partial charge is 0.343 e. The van der Waals surface area contributed by atoms with E-state index in [1.54, 1.807) is 16.7 Å². The SMILES string of the molecule is CC(=O)N1CCC(C(=O)N(CCCN2CC3CN(C(=O)c4cccc(C(F)(F)F)c4)CC3C2)c2ccc(C)c(Cl)c2)CC1. The summed E-state index contributed by atoms with van der Waals surface area (Å²) < 4.78 is 39.4. The van der Waals surface area contributed by atoms with Crippen molar-refractivity contribution in [3.63, 3.8) is 0 Å². The number of carbonyl (C=O) groups excluding carboxylic acids is 3. The number of fused-ring (bicyclic) bond motifs is 1. The van der Waals surface area contributed by atoms with E-state index in [1.807, 2.05) is 30.0 Å². The fourth-order valence-corrected chi connectivity index (χ4v) is 6.85. The van der Waals surface area contributed by atoms with Gasteiger partial charge < -0.3 is 19.6 Å². The molecule has 2 aromatic rings. The van der Waals surface area contributed by atoms with Crippen molar-refractivity contribution in [2.24, 2.45) is 17.8 Å². The standard InChI is InChI=1S/C32H38ClF3N4O3/c1-21-7-8-28(16-29(21)33)40(31(43)23-9-13-38(14-10-23)22(2)41)12-4-11-37-17-25-19-39(20-26(25)18-37)30(42)24-5-3-6-27(15-24)32(34,35)36/h3,5-8,15-16,23,25-26H,4,9-14,17-20H2,1-2H3. The number of alkyl halides is 3. The normalized spacial score (nSPS) is 21.3. The molecule has 0 N–H and O–H groups in total. The van der Waals surface area contributed by atoms with Crippen LogP contribution in [0.1, 0.15) is 47.7 Å². The van der Waals surface area contributed by atoms with Crippen LogP contribution in [0, 0.1) is 24.7 Å². The van der Waals surface area contributed by atoms with E-state index < -0.39 is 11.7 Å². The first-order valence-corrected chi connectivity index (χ1v) is 15.3. The van der Waals surface area contributed by atoms with E-state index in [0.717, 1.165) is 49.4 Å². The predicted molar refractivity (Wildman–Crippen MR) is 159 cm³/mol. The molecule has 0 aromatic heterocycles. The first-order valence-electron chi connectivity index (χ1n) is 14.9. The Hall–Kier alpha value is -3.11. The molecule has 3 heterocycles. The Balaban J connectivity index is 1.16.